The molecule has 0 aromatic heterocycles. The molecule has 1 aromatic rings. The average molecular weight is 259 g/mol. The molecule has 1 rings (SSSR count). The Morgan fingerprint density at radius 2 is 2.24 bits per heavy atom. The second-order valence-electron chi connectivity index (χ2n) is 3.75. The highest BCUT2D eigenvalue weighted by Crippen LogP contribution is 2.36. The van der Waals surface area contributed by atoms with Gasteiger partial charge >= 0.3 is 0 Å². The molecule has 0 heterocycles. The third-order valence-electron chi connectivity index (χ3n) is 2.21. The van der Waals surface area contributed by atoms with Crippen LogP contribution in [0.1, 0.15) is 17.3 Å². The van der Waals surface area contributed by atoms with Gasteiger partial charge in [0.05, 0.1) is 18.7 Å². The van der Waals surface area contributed by atoms with Crippen molar-refractivity contribution in [1.29, 1.82) is 0 Å². The van der Waals surface area contributed by atoms with E-state index >= 15 is 0 Å². The van der Waals surface area contributed by atoms with Gasteiger partial charge in [-0.1, -0.05) is 18.5 Å². The second-order valence-corrected chi connectivity index (χ2v) is 4.16. The zero-order valence-electron chi connectivity index (χ0n) is 9.77. The number of halogens is 1. The van der Waals surface area contributed by atoms with Crippen molar-refractivity contribution in [2.75, 3.05) is 20.3 Å². The fraction of sp³-hybridized carbons (Fsp3) is 0.417. The molecule has 4 nitrogen and oxygen atoms in total. The predicted octanol–water partition coefficient (Wildman–Crippen LogP) is 2.17. The Hall–Kier alpha value is -1.26. The van der Waals surface area contributed by atoms with Crippen LogP contribution >= 0.6 is 11.6 Å². The Balaban J connectivity index is 2.93. The molecule has 0 spiro atoms. The number of hydrogen-bond donors (Lipinski definition) is 1. The van der Waals surface area contributed by atoms with Crippen molar-refractivity contribution in [2.24, 2.45) is 5.92 Å². The smallest absolute Gasteiger partial charge is 0.179 e. The zero-order valence-corrected chi connectivity index (χ0v) is 10.5. The van der Waals surface area contributed by atoms with Crippen LogP contribution in [0.25, 0.3) is 0 Å². The number of aldehydes is 1. The summed E-state index contributed by atoms with van der Waals surface area (Å²) in [4.78, 5) is 10.7. The highest BCUT2D eigenvalue weighted by molar-refractivity contribution is 6.32. The van der Waals surface area contributed by atoms with E-state index in [4.69, 9.17) is 26.2 Å². The Morgan fingerprint density at radius 3 is 2.76 bits per heavy atom. The summed E-state index contributed by atoms with van der Waals surface area (Å²) < 4.78 is 10.6. The third kappa shape index (κ3) is 3.61. The highest BCUT2D eigenvalue weighted by atomic mass is 35.5. The Bertz CT molecular complexity index is 392. The van der Waals surface area contributed by atoms with Crippen LogP contribution in [0.15, 0.2) is 12.1 Å². The lowest BCUT2D eigenvalue weighted by atomic mass is 10.2. The largest absolute Gasteiger partial charge is 0.493 e. The molecule has 1 unspecified atom stereocenters. The summed E-state index contributed by atoms with van der Waals surface area (Å²) in [7, 11) is 1.47. The van der Waals surface area contributed by atoms with Crippen LogP contribution in [0.3, 0.4) is 0 Å². The number of benzene rings is 1. The van der Waals surface area contributed by atoms with Gasteiger partial charge in [0.15, 0.2) is 11.5 Å². The highest BCUT2D eigenvalue weighted by Gasteiger charge is 2.13. The summed E-state index contributed by atoms with van der Waals surface area (Å²) in [5.41, 5.74) is 0.425. The van der Waals surface area contributed by atoms with Gasteiger partial charge in [0.1, 0.15) is 6.29 Å². The first kappa shape index (κ1) is 13.8. The molecule has 94 valence electrons. The summed E-state index contributed by atoms with van der Waals surface area (Å²) in [5.74, 6) is 0.798. The van der Waals surface area contributed by atoms with Crippen LogP contribution in [0.2, 0.25) is 5.02 Å². The minimum absolute atomic E-state index is 0.00141. The first-order valence-electron chi connectivity index (χ1n) is 5.18. The molecule has 0 bridgehead atoms. The van der Waals surface area contributed by atoms with E-state index in [0.717, 1.165) is 0 Å². The monoisotopic (exact) mass is 258 g/mol. The molecule has 0 saturated carbocycles. The van der Waals surface area contributed by atoms with Crippen LogP contribution < -0.4 is 9.47 Å². The predicted molar refractivity (Wildman–Crippen MR) is 65.1 cm³/mol. The molecule has 0 radical (unpaired) electrons. The third-order valence-corrected chi connectivity index (χ3v) is 2.49. The van der Waals surface area contributed by atoms with E-state index in [2.05, 4.69) is 0 Å². The number of carbonyl (C=O) groups excluding carboxylic acids is 1. The minimum Gasteiger partial charge on any atom is -0.493 e. The number of hydrogen-bond acceptors (Lipinski definition) is 4. The summed E-state index contributed by atoms with van der Waals surface area (Å²) in [6.45, 7) is 2.21. The van der Waals surface area contributed by atoms with Crippen molar-refractivity contribution < 1.29 is 19.4 Å². The number of rotatable bonds is 6. The van der Waals surface area contributed by atoms with Crippen molar-refractivity contribution >= 4 is 17.9 Å². The van der Waals surface area contributed by atoms with E-state index in [1.165, 1.54) is 13.2 Å². The maximum atomic E-state index is 10.7. The van der Waals surface area contributed by atoms with E-state index in [-0.39, 0.29) is 12.5 Å². The van der Waals surface area contributed by atoms with Crippen molar-refractivity contribution in [3.63, 3.8) is 0 Å². The Kier molecular flexibility index (Phi) is 5.25. The first-order chi connectivity index (χ1) is 8.12. The molecule has 0 saturated heterocycles. The SMILES string of the molecule is COc1cc(C=O)cc(Cl)c1OCC(C)CO. The maximum absolute atomic E-state index is 10.7. The summed E-state index contributed by atoms with van der Waals surface area (Å²) >= 11 is 5.99. The van der Waals surface area contributed by atoms with Gasteiger partial charge in [-0.3, -0.25) is 4.79 Å². The van der Waals surface area contributed by atoms with Crippen LogP contribution in [0.4, 0.5) is 0 Å². The van der Waals surface area contributed by atoms with Gasteiger partial charge in [0.25, 0.3) is 0 Å². The summed E-state index contributed by atoms with van der Waals surface area (Å²) in [6, 6.07) is 3.06. The van der Waals surface area contributed by atoms with Gasteiger partial charge in [-0.05, 0) is 12.1 Å². The van der Waals surface area contributed by atoms with Crippen LogP contribution in [0, 0.1) is 5.92 Å². The number of aliphatic hydroxyl groups excluding tert-OH is 1. The van der Waals surface area contributed by atoms with Crippen molar-refractivity contribution in [3.8, 4) is 11.5 Å². The molecule has 0 aliphatic carbocycles. The molecule has 0 amide bonds. The van der Waals surface area contributed by atoms with Gasteiger partial charge in [0, 0.05) is 18.1 Å². The number of carbonyl (C=O) groups is 1. The van der Waals surface area contributed by atoms with E-state index in [9.17, 15) is 4.79 Å². The molecule has 0 fully saturated rings. The van der Waals surface area contributed by atoms with Gasteiger partial charge in [0.2, 0.25) is 0 Å². The minimum atomic E-state index is 0.00141. The van der Waals surface area contributed by atoms with E-state index < -0.39 is 0 Å². The Labute approximate surface area is 105 Å². The van der Waals surface area contributed by atoms with Gasteiger partial charge in [-0.2, -0.15) is 0 Å². The molecular formula is C12H15ClO4. The summed E-state index contributed by atoms with van der Waals surface area (Å²) in [5, 5.41) is 9.22. The van der Waals surface area contributed by atoms with Crippen molar-refractivity contribution in [2.45, 2.75) is 6.92 Å². The molecule has 0 aliphatic heterocycles. The zero-order chi connectivity index (χ0) is 12.8. The fourth-order valence-corrected chi connectivity index (χ4v) is 1.50. The van der Waals surface area contributed by atoms with E-state index in [1.807, 2.05) is 6.92 Å². The topological polar surface area (TPSA) is 55.8 Å². The lowest BCUT2D eigenvalue weighted by Gasteiger charge is -2.15. The van der Waals surface area contributed by atoms with Gasteiger partial charge in [-0.25, -0.2) is 0 Å². The molecule has 0 aliphatic rings. The van der Waals surface area contributed by atoms with Crippen molar-refractivity contribution in [3.05, 3.63) is 22.7 Å². The molecule has 1 N–H and O–H groups in total. The van der Waals surface area contributed by atoms with Crippen molar-refractivity contribution in [1.82, 2.24) is 0 Å². The molecular weight excluding hydrogens is 244 g/mol. The lowest BCUT2D eigenvalue weighted by Crippen LogP contribution is -2.12. The van der Waals surface area contributed by atoms with E-state index in [1.54, 1.807) is 6.07 Å². The average Bonchev–Trinajstić information content (AvgIpc) is 2.35. The van der Waals surface area contributed by atoms with Crippen LogP contribution in [0.5, 0.6) is 11.5 Å². The van der Waals surface area contributed by atoms with E-state index in [0.29, 0.717) is 35.0 Å². The van der Waals surface area contributed by atoms with Crippen LogP contribution in [-0.4, -0.2) is 31.7 Å². The molecule has 17 heavy (non-hydrogen) atoms. The second kappa shape index (κ2) is 6.47. The summed E-state index contributed by atoms with van der Waals surface area (Å²) in [6.07, 6.45) is 0.689. The molecule has 1 aromatic carbocycles. The Morgan fingerprint density at radius 1 is 1.53 bits per heavy atom. The maximum Gasteiger partial charge on any atom is 0.179 e. The number of methoxy groups -OCH3 is 1. The lowest BCUT2D eigenvalue weighted by molar-refractivity contribution is 0.112. The quantitative estimate of drug-likeness (QED) is 0.795. The normalized spacial score (nSPS) is 12.0. The number of aliphatic hydroxyl groups is 1. The standard InChI is InChI=1S/C12H15ClO4/c1-8(5-14)7-17-12-10(13)3-9(6-15)4-11(12)16-2/h3-4,6,8,14H,5,7H2,1-2H3. The molecule has 5 heteroatoms. The number of ether oxygens (including phenoxy) is 2. The fourth-order valence-electron chi connectivity index (χ4n) is 1.23. The molecule has 1 atom stereocenters. The van der Waals surface area contributed by atoms with Gasteiger partial charge in [-0.15, -0.1) is 0 Å². The van der Waals surface area contributed by atoms with Gasteiger partial charge < -0.3 is 14.6 Å². The van der Waals surface area contributed by atoms with Crippen LogP contribution in [-0.2, 0) is 0 Å². The first-order valence-corrected chi connectivity index (χ1v) is 5.56.